The van der Waals surface area contributed by atoms with E-state index in [2.05, 4.69) is 0 Å². The van der Waals surface area contributed by atoms with Gasteiger partial charge < -0.3 is 9.84 Å². The maximum absolute atomic E-state index is 12.0. The Kier molecular flexibility index (Phi) is 3.64. The fourth-order valence-corrected chi connectivity index (χ4v) is 1.62. The van der Waals surface area contributed by atoms with Gasteiger partial charge in [0.2, 0.25) is 0 Å². The van der Waals surface area contributed by atoms with Crippen LogP contribution >= 0.6 is 0 Å². The highest BCUT2D eigenvalue weighted by Gasteiger charge is 2.27. The van der Waals surface area contributed by atoms with Gasteiger partial charge in [-0.25, -0.2) is 4.39 Å². The lowest BCUT2D eigenvalue weighted by Gasteiger charge is -2.38. The van der Waals surface area contributed by atoms with Crippen molar-refractivity contribution in [3.8, 4) is 0 Å². The van der Waals surface area contributed by atoms with Crippen LogP contribution in [0.2, 0.25) is 0 Å². The summed E-state index contributed by atoms with van der Waals surface area (Å²) in [6.07, 6.45) is -0.853. The van der Waals surface area contributed by atoms with Crippen LogP contribution < -0.4 is 0 Å². The molecule has 0 radical (unpaired) electrons. The molecule has 1 saturated heterocycles. The maximum atomic E-state index is 12.0. The van der Waals surface area contributed by atoms with E-state index in [4.69, 9.17) is 9.84 Å². The number of hydrogen-bond acceptors (Lipinski definition) is 3. The van der Waals surface area contributed by atoms with Crippen molar-refractivity contribution in [2.75, 3.05) is 32.9 Å². The third-order valence-electron chi connectivity index (χ3n) is 2.15. The molecule has 0 aliphatic carbocycles. The number of alkyl halides is 1. The number of ether oxygens (including phenoxy) is 1. The second-order valence-electron chi connectivity index (χ2n) is 4.15. The zero-order chi connectivity index (χ0) is 9.90. The van der Waals surface area contributed by atoms with Crippen molar-refractivity contribution in [3.05, 3.63) is 0 Å². The van der Waals surface area contributed by atoms with Gasteiger partial charge in [0, 0.05) is 19.6 Å². The number of aliphatic hydroxyl groups excluding tert-OH is 1. The molecular weight excluding hydrogens is 173 g/mol. The average molecular weight is 191 g/mol. The molecule has 78 valence electrons. The zero-order valence-corrected chi connectivity index (χ0v) is 8.29. The molecule has 0 amide bonds. The van der Waals surface area contributed by atoms with Crippen LogP contribution in [-0.4, -0.2) is 54.6 Å². The Morgan fingerprint density at radius 1 is 1.62 bits per heavy atom. The minimum Gasteiger partial charge on any atom is -0.389 e. The molecule has 0 spiro atoms. The van der Waals surface area contributed by atoms with Crippen molar-refractivity contribution in [1.82, 2.24) is 4.90 Å². The lowest BCUT2D eigenvalue weighted by atomic mass is 10.1. The molecule has 0 bridgehead atoms. The van der Waals surface area contributed by atoms with Crippen LogP contribution in [0.3, 0.4) is 0 Å². The predicted octanol–water partition coefficient (Wildman–Crippen LogP) is 0.428. The van der Waals surface area contributed by atoms with Crippen LogP contribution in [0.15, 0.2) is 0 Å². The monoisotopic (exact) mass is 191 g/mol. The van der Waals surface area contributed by atoms with E-state index in [-0.39, 0.29) is 5.60 Å². The van der Waals surface area contributed by atoms with Gasteiger partial charge in [0.15, 0.2) is 0 Å². The average Bonchev–Trinajstić information content (AvgIpc) is 2.02. The summed E-state index contributed by atoms with van der Waals surface area (Å²) in [4.78, 5) is 2.04. The molecule has 1 aliphatic heterocycles. The van der Waals surface area contributed by atoms with Crippen molar-refractivity contribution in [2.45, 2.75) is 25.6 Å². The largest absolute Gasteiger partial charge is 0.389 e. The molecule has 0 aromatic carbocycles. The van der Waals surface area contributed by atoms with Gasteiger partial charge in [-0.05, 0) is 13.8 Å². The van der Waals surface area contributed by atoms with Gasteiger partial charge in [-0.3, -0.25) is 4.90 Å². The van der Waals surface area contributed by atoms with Gasteiger partial charge in [-0.15, -0.1) is 0 Å². The van der Waals surface area contributed by atoms with Gasteiger partial charge >= 0.3 is 0 Å². The lowest BCUT2D eigenvalue weighted by Crippen LogP contribution is -2.50. The van der Waals surface area contributed by atoms with Crippen LogP contribution in [0.25, 0.3) is 0 Å². The summed E-state index contributed by atoms with van der Waals surface area (Å²) in [5, 5.41) is 9.12. The molecule has 1 rings (SSSR count). The van der Waals surface area contributed by atoms with E-state index in [0.717, 1.165) is 13.1 Å². The van der Waals surface area contributed by atoms with Crippen LogP contribution in [0.1, 0.15) is 13.8 Å². The highest BCUT2D eigenvalue weighted by Crippen LogP contribution is 2.16. The van der Waals surface area contributed by atoms with Crippen molar-refractivity contribution in [3.63, 3.8) is 0 Å². The number of aliphatic hydroxyl groups is 1. The van der Waals surface area contributed by atoms with Crippen LogP contribution in [-0.2, 0) is 4.74 Å². The summed E-state index contributed by atoms with van der Waals surface area (Å²) in [6, 6.07) is 0. The highest BCUT2D eigenvalue weighted by atomic mass is 19.1. The SMILES string of the molecule is CC1(C)CN(CC(O)CF)CCO1. The highest BCUT2D eigenvalue weighted by molar-refractivity contribution is 4.80. The third-order valence-corrected chi connectivity index (χ3v) is 2.15. The Morgan fingerprint density at radius 2 is 2.31 bits per heavy atom. The number of β-amino-alcohol motifs (C(OH)–C–C–N with tert-alkyl or cyclic N) is 1. The summed E-state index contributed by atoms with van der Waals surface area (Å²) in [7, 11) is 0. The Labute approximate surface area is 78.5 Å². The fraction of sp³-hybridized carbons (Fsp3) is 1.00. The van der Waals surface area contributed by atoms with Crippen molar-refractivity contribution in [2.24, 2.45) is 0 Å². The molecule has 4 heteroatoms. The van der Waals surface area contributed by atoms with Crippen molar-refractivity contribution >= 4 is 0 Å². The Morgan fingerprint density at radius 3 is 2.85 bits per heavy atom. The number of morpholine rings is 1. The van der Waals surface area contributed by atoms with E-state index in [0.29, 0.717) is 13.2 Å². The summed E-state index contributed by atoms with van der Waals surface area (Å²) in [5.41, 5.74) is -0.172. The smallest absolute Gasteiger partial charge is 0.117 e. The first-order valence-corrected chi connectivity index (χ1v) is 4.64. The first-order chi connectivity index (χ1) is 6.03. The first kappa shape index (κ1) is 10.9. The zero-order valence-electron chi connectivity index (χ0n) is 8.29. The second kappa shape index (κ2) is 4.35. The maximum Gasteiger partial charge on any atom is 0.117 e. The second-order valence-corrected chi connectivity index (χ2v) is 4.15. The normalized spacial score (nSPS) is 25.8. The van der Waals surface area contributed by atoms with E-state index in [1.807, 2.05) is 18.7 Å². The summed E-state index contributed by atoms with van der Waals surface area (Å²) < 4.78 is 17.5. The molecule has 1 unspecified atom stereocenters. The molecule has 3 nitrogen and oxygen atoms in total. The van der Waals surface area contributed by atoms with E-state index < -0.39 is 12.8 Å². The van der Waals surface area contributed by atoms with Crippen LogP contribution in [0, 0.1) is 0 Å². The lowest BCUT2D eigenvalue weighted by molar-refractivity contribution is -0.0938. The summed E-state index contributed by atoms with van der Waals surface area (Å²) >= 11 is 0. The quantitative estimate of drug-likeness (QED) is 0.702. The van der Waals surface area contributed by atoms with Crippen molar-refractivity contribution < 1.29 is 14.2 Å². The van der Waals surface area contributed by atoms with Gasteiger partial charge in [0.1, 0.15) is 6.67 Å². The van der Waals surface area contributed by atoms with Gasteiger partial charge in [0.25, 0.3) is 0 Å². The van der Waals surface area contributed by atoms with E-state index in [1.165, 1.54) is 0 Å². The molecule has 1 atom stereocenters. The minimum absolute atomic E-state index is 0.172. The van der Waals surface area contributed by atoms with Crippen LogP contribution in [0.5, 0.6) is 0 Å². The molecule has 1 heterocycles. The number of hydrogen-bond donors (Lipinski definition) is 1. The predicted molar refractivity (Wildman–Crippen MR) is 48.5 cm³/mol. The Bertz CT molecular complexity index is 164. The van der Waals surface area contributed by atoms with Gasteiger partial charge in [-0.2, -0.15) is 0 Å². The minimum atomic E-state index is -0.853. The third kappa shape index (κ3) is 3.58. The van der Waals surface area contributed by atoms with Crippen LogP contribution in [0.4, 0.5) is 4.39 Å². The molecule has 1 N–H and O–H groups in total. The summed E-state index contributed by atoms with van der Waals surface area (Å²) in [6.45, 7) is 5.93. The first-order valence-electron chi connectivity index (χ1n) is 4.64. The fourth-order valence-electron chi connectivity index (χ4n) is 1.62. The standard InChI is InChI=1S/C9H18FNO2/c1-9(2)7-11(3-4-13-9)6-8(12)5-10/h8,12H,3-7H2,1-2H3. The number of rotatable bonds is 3. The van der Waals surface area contributed by atoms with Gasteiger partial charge in [0.05, 0.1) is 18.3 Å². The topological polar surface area (TPSA) is 32.7 Å². The molecule has 1 aliphatic rings. The molecular formula is C9H18FNO2. The molecule has 0 aromatic rings. The Hall–Kier alpha value is -0.190. The van der Waals surface area contributed by atoms with E-state index in [1.54, 1.807) is 0 Å². The molecule has 1 fully saturated rings. The molecule has 0 saturated carbocycles. The Balaban J connectivity index is 2.34. The van der Waals surface area contributed by atoms with Gasteiger partial charge in [-0.1, -0.05) is 0 Å². The van der Waals surface area contributed by atoms with Crippen molar-refractivity contribution in [1.29, 1.82) is 0 Å². The molecule has 13 heavy (non-hydrogen) atoms. The molecule has 0 aromatic heterocycles. The number of nitrogens with zero attached hydrogens (tertiary/aromatic N) is 1. The number of halogens is 1. The van der Waals surface area contributed by atoms with E-state index in [9.17, 15) is 4.39 Å². The van der Waals surface area contributed by atoms with E-state index >= 15 is 0 Å². The summed E-state index contributed by atoms with van der Waals surface area (Å²) in [5.74, 6) is 0.